The molecule has 0 bridgehead atoms. The fourth-order valence-corrected chi connectivity index (χ4v) is 5.59. The van der Waals surface area contributed by atoms with Gasteiger partial charge in [-0.05, 0) is 59.4 Å². The summed E-state index contributed by atoms with van der Waals surface area (Å²) < 4.78 is 20.5. The van der Waals surface area contributed by atoms with Gasteiger partial charge in [-0.3, -0.25) is 0 Å². The Kier molecular flexibility index (Phi) is 4.63. The van der Waals surface area contributed by atoms with Gasteiger partial charge in [-0.1, -0.05) is 11.6 Å². The van der Waals surface area contributed by atoms with Crippen molar-refractivity contribution < 1.29 is 13.9 Å². The molecule has 1 fully saturated rings. The molecule has 1 aromatic heterocycles. The molecule has 1 saturated heterocycles. The Morgan fingerprint density at radius 1 is 1.46 bits per heavy atom. The van der Waals surface area contributed by atoms with E-state index in [1.165, 1.54) is 11.3 Å². The molecular formula is C18H25ClFNO2S. The maximum absolute atomic E-state index is 14.3. The molecule has 3 atom stereocenters. The van der Waals surface area contributed by atoms with E-state index in [-0.39, 0.29) is 17.6 Å². The predicted molar refractivity (Wildman–Crippen MR) is 95.7 cm³/mol. The molecule has 0 radical (unpaired) electrons. The number of amides is 1. The number of alkyl halides is 1. The van der Waals surface area contributed by atoms with Crippen molar-refractivity contribution in [3.8, 4) is 0 Å². The SMILES string of the molecule is C[C@@H]1CC2(CCC(F)c3cc(Cl)sc32)CCN1C(=O)OC(C)(C)C. The van der Waals surface area contributed by atoms with Crippen LogP contribution in [0.1, 0.15) is 70.0 Å². The molecule has 2 aliphatic rings. The molecule has 0 N–H and O–H groups in total. The van der Waals surface area contributed by atoms with E-state index in [1.54, 1.807) is 6.07 Å². The predicted octanol–water partition coefficient (Wildman–Crippen LogP) is 5.86. The fourth-order valence-electron chi connectivity index (χ4n) is 4.05. The lowest BCUT2D eigenvalue weighted by Crippen LogP contribution is -2.52. The average molecular weight is 374 g/mol. The van der Waals surface area contributed by atoms with Crippen molar-refractivity contribution in [2.24, 2.45) is 0 Å². The van der Waals surface area contributed by atoms with E-state index in [9.17, 15) is 9.18 Å². The topological polar surface area (TPSA) is 29.5 Å². The maximum Gasteiger partial charge on any atom is 0.410 e. The molecule has 1 aromatic rings. The van der Waals surface area contributed by atoms with Crippen LogP contribution in [0.25, 0.3) is 0 Å². The molecule has 0 saturated carbocycles. The highest BCUT2D eigenvalue weighted by molar-refractivity contribution is 7.16. The summed E-state index contributed by atoms with van der Waals surface area (Å²) in [5.74, 6) is 0. The molecule has 2 heterocycles. The Morgan fingerprint density at radius 3 is 2.79 bits per heavy atom. The van der Waals surface area contributed by atoms with E-state index in [0.29, 0.717) is 17.3 Å². The number of carbonyl (C=O) groups excluding carboxylic acids is 1. The van der Waals surface area contributed by atoms with E-state index < -0.39 is 11.8 Å². The summed E-state index contributed by atoms with van der Waals surface area (Å²) in [4.78, 5) is 15.3. The lowest BCUT2D eigenvalue weighted by atomic mass is 9.67. The molecule has 3 nitrogen and oxygen atoms in total. The number of halogens is 2. The van der Waals surface area contributed by atoms with Crippen molar-refractivity contribution in [3.63, 3.8) is 0 Å². The van der Waals surface area contributed by atoms with Crippen LogP contribution in [0.3, 0.4) is 0 Å². The molecule has 1 aliphatic heterocycles. The number of hydrogen-bond donors (Lipinski definition) is 0. The van der Waals surface area contributed by atoms with Gasteiger partial charge >= 0.3 is 6.09 Å². The maximum atomic E-state index is 14.3. The molecule has 0 aromatic carbocycles. The van der Waals surface area contributed by atoms with Crippen LogP contribution in [0.15, 0.2) is 6.07 Å². The van der Waals surface area contributed by atoms with Gasteiger partial charge in [0.2, 0.25) is 0 Å². The Bertz CT molecular complexity index is 641. The zero-order valence-corrected chi connectivity index (χ0v) is 16.3. The zero-order valence-electron chi connectivity index (χ0n) is 14.7. The van der Waals surface area contributed by atoms with Crippen LogP contribution >= 0.6 is 22.9 Å². The van der Waals surface area contributed by atoms with Gasteiger partial charge in [0.05, 0.1) is 4.34 Å². The molecule has 1 spiro atoms. The van der Waals surface area contributed by atoms with Crippen LogP contribution in [-0.4, -0.2) is 29.2 Å². The van der Waals surface area contributed by atoms with Crippen LogP contribution in [0.5, 0.6) is 0 Å². The molecule has 134 valence electrons. The summed E-state index contributed by atoms with van der Waals surface area (Å²) in [5, 5.41) is 0. The van der Waals surface area contributed by atoms with Gasteiger partial charge in [-0.2, -0.15) is 0 Å². The summed E-state index contributed by atoms with van der Waals surface area (Å²) in [7, 11) is 0. The standard InChI is InChI=1S/C18H25ClFNO2S/c1-11-10-18(7-8-21(11)16(22)23-17(2,3)4)6-5-13(20)12-9-14(19)24-15(12)18/h9,11,13H,5-8,10H2,1-4H3/t11-,13?,18?/m1/s1. The highest BCUT2D eigenvalue weighted by atomic mass is 35.5. The van der Waals surface area contributed by atoms with E-state index in [2.05, 4.69) is 6.92 Å². The van der Waals surface area contributed by atoms with Crippen molar-refractivity contribution in [1.82, 2.24) is 4.90 Å². The van der Waals surface area contributed by atoms with E-state index >= 15 is 0 Å². The van der Waals surface area contributed by atoms with Gasteiger partial charge in [-0.25, -0.2) is 9.18 Å². The van der Waals surface area contributed by atoms with Gasteiger partial charge in [-0.15, -0.1) is 11.3 Å². The lowest BCUT2D eigenvalue weighted by Gasteiger charge is -2.47. The van der Waals surface area contributed by atoms with Crippen molar-refractivity contribution >= 4 is 29.0 Å². The normalized spacial score (nSPS) is 30.3. The highest BCUT2D eigenvalue weighted by Crippen LogP contribution is 2.54. The number of likely N-dealkylation sites (tertiary alicyclic amines) is 1. The van der Waals surface area contributed by atoms with Crippen LogP contribution in [0.2, 0.25) is 4.34 Å². The number of fused-ring (bicyclic) bond motifs is 2. The number of ether oxygens (including phenoxy) is 1. The highest BCUT2D eigenvalue weighted by Gasteiger charge is 2.47. The number of carbonyl (C=O) groups is 1. The first kappa shape index (κ1) is 18.0. The summed E-state index contributed by atoms with van der Waals surface area (Å²) in [5.41, 5.74) is 0.231. The quantitative estimate of drug-likeness (QED) is 0.569. The van der Waals surface area contributed by atoms with E-state index in [0.717, 1.165) is 29.7 Å². The minimum atomic E-state index is -0.909. The van der Waals surface area contributed by atoms with Crippen LogP contribution < -0.4 is 0 Å². The number of piperidine rings is 1. The summed E-state index contributed by atoms with van der Waals surface area (Å²) in [6.45, 7) is 8.33. The Labute approximate surface area is 152 Å². The minimum absolute atomic E-state index is 0.0480. The molecule has 6 heteroatoms. The van der Waals surface area contributed by atoms with Crippen molar-refractivity contribution in [1.29, 1.82) is 0 Å². The van der Waals surface area contributed by atoms with Crippen LogP contribution in [0.4, 0.5) is 9.18 Å². The van der Waals surface area contributed by atoms with Crippen molar-refractivity contribution in [2.75, 3.05) is 6.54 Å². The number of rotatable bonds is 0. The second kappa shape index (κ2) is 6.17. The number of thiophene rings is 1. The average Bonchev–Trinajstić information content (AvgIpc) is 2.85. The number of hydrogen-bond acceptors (Lipinski definition) is 3. The smallest absolute Gasteiger partial charge is 0.410 e. The monoisotopic (exact) mass is 373 g/mol. The third-order valence-corrected chi connectivity index (χ3v) is 6.63. The van der Waals surface area contributed by atoms with E-state index in [4.69, 9.17) is 16.3 Å². The Morgan fingerprint density at radius 2 is 2.17 bits per heavy atom. The van der Waals surface area contributed by atoms with Gasteiger partial charge in [0, 0.05) is 28.4 Å². The largest absolute Gasteiger partial charge is 0.444 e. The van der Waals surface area contributed by atoms with Gasteiger partial charge in [0.25, 0.3) is 0 Å². The Balaban J connectivity index is 1.80. The first-order valence-corrected chi connectivity index (χ1v) is 9.74. The summed E-state index contributed by atoms with van der Waals surface area (Å²) >= 11 is 7.69. The number of nitrogens with zero attached hydrogens (tertiary/aromatic N) is 1. The second-order valence-electron chi connectivity index (χ2n) is 8.10. The minimum Gasteiger partial charge on any atom is -0.444 e. The third-order valence-electron chi connectivity index (χ3n) is 5.10. The van der Waals surface area contributed by atoms with Crippen molar-refractivity contribution in [2.45, 2.75) is 76.6 Å². The molecule has 2 unspecified atom stereocenters. The van der Waals surface area contributed by atoms with Crippen LogP contribution in [-0.2, 0) is 10.2 Å². The summed E-state index contributed by atoms with van der Waals surface area (Å²) in [6, 6.07) is 1.86. The molecule has 3 rings (SSSR count). The first-order valence-electron chi connectivity index (χ1n) is 8.55. The molecule has 1 aliphatic carbocycles. The van der Waals surface area contributed by atoms with Gasteiger partial charge < -0.3 is 9.64 Å². The molecular weight excluding hydrogens is 349 g/mol. The fraction of sp³-hybridized carbons (Fsp3) is 0.722. The van der Waals surface area contributed by atoms with Crippen LogP contribution in [0, 0.1) is 0 Å². The third kappa shape index (κ3) is 3.30. The zero-order chi connectivity index (χ0) is 17.7. The second-order valence-corrected chi connectivity index (χ2v) is 9.78. The van der Waals surface area contributed by atoms with Gasteiger partial charge in [0.15, 0.2) is 0 Å². The summed E-state index contributed by atoms with van der Waals surface area (Å²) in [6.07, 6.45) is 1.88. The Hall–Kier alpha value is -0.810. The lowest BCUT2D eigenvalue weighted by molar-refractivity contribution is 0.00192. The van der Waals surface area contributed by atoms with Gasteiger partial charge in [0.1, 0.15) is 11.8 Å². The van der Waals surface area contributed by atoms with E-state index in [1.807, 2.05) is 25.7 Å². The van der Waals surface area contributed by atoms with Crippen molar-refractivity contribution in [3.05, 3.63) is 20.8 Å². The molecule has 1 amide bonds. The first-order chi connectivity index (χ1) is 11.1. The molecule has 24 heavy (non-hydrogen) atoms.